The molecule has 2 aliphatic rings. The Labute approximate surface area is 191 Å². The van der Waals surface area contributed by atoms with Crippen molar-refractivity contribution in [3.8, 4) is 0 Å². The van der Waals surface area contributed by atoms with Crippen LogP contribution in [0.15, 0.2) is 24.4 Å². The van der Waals surface area contributed by atoms with Gasteiger partial charge in [0.1, 0.15) is 0 Å². The number of nitrogens with zero attached hydrogens (tertiary/aromatic N) is 5. The molecule has 1 aliphatic heterocycles. The van der Waals surface area contributed by atoms with Crippen molar-refractivity contribution in [1.82, 2.24) is 20.2 Å². The van der Waals surface area contributed by atoms with E-state index in [0.717, 1.165) is 36.3 Å². The first-order valence-electron chi connectivity index (χ1n) is 10.8. The van der Waals surface area contributed by atoms with Crippen LogP contribution in [0.4, 0.5) is 5.69 Å². The summed E-state index contributed by atoms with van der Waals surface area (Å²) in [6, 6.07) is 6.46. The first-order valence-corrected chi connectivity index (χ1v) is 14.5. The SMILES string of the molecule is COCC1(C)CCCN1c1cnc2cc[c]([Sn][c]3nnc(C4CCCC4)s3)nc2c1. The number of anilines is 1. The molecule has 30 heavy (non-hydrogen) atoms. The molecule has 1 saturated carbocycles. The van der Waals surface area contributed by atoms with Crippen LogP contribution in [0.1, 0.15) is 56.4 Å². The molecule has 1 atom stereocenters. The van der Waals surface area contributed by atoms with Gasteiger partial charge >= 0.3 is 192 Å². The van der Waals surface area contributed by atoms with E-state index in [1.54, 1.807) is 7.11 Å². The number of hydrogen-bond acceptors (Lipinski definition) is 7. The maximum absolute atomic E-state index is 5.51. The van der Waals surface area contributed by atoms with E-state index in [2.05, 4.69) is 40.2 Å². The number of ether oxygens (including phenoxy) is 1. The number of hydrogen-bond donors (Lipinski definition) is 0. The minimum absolute atomic E-state index is 0.0294. The molecule has 2 radical (unpaired) electrons. The summed E-state index contributed by atoms with van der Waals surface area (Å²) in [6.07, 6.45) is 9.54. The van der Waals surface area contributed by atoms with E-state index in [1.165, 1.54) is 43.8 Å². The number of aromatic nitrogens is 4. The Morgan fingerprint density at radius 3 is 2.90 bits per heavy atom. The van der Waals surface area contributed by atoms with Crippen molar-refractivity contribution < 1.29 is 4.74 Å². The molecule has 3 aromatic rings. The van der Waals surface area contributed by atoms with Gasteiger partial charge < -0.3 is 0 Å². The molecule has 0 bridgehead atoms. The molecule has 1 aliphatic carbocycles. The Hall–Kier alpha value is -1.32. The van der Waals surface area contributed by atoms with Crippen LogP contribution < -0.4 is 11.6 Å². The zero-order valence-corrected chi connectivity index (χ0v) is 21.3. The zero-order chi connectivity index (χ0) is 20.6. The predicted molar refractivity (Wildman–Crippen MR) is 123 cm³/mol. The monoisotopic (exact) mass is 529 g/mol. The maximum atomic E-state index is 5.51. The molecule has 8 heteroatoms. The van der Waals surface area contributed by atoms with Crippen molar-refractivity contribution in [3.63, 3.8) is 0 Å². The molecule has 4 heterocycles. The minimum atomic E-state index is -1.04. The van der Waals surface area contributed by atoms with Crippen molar-refractivity contribution in [1.29, 1.82) is 0 Å². The van der Waals surface area contributed by atoms with Crippen LogP contribution in [0.5, 0.6) is 0 Å². The number of rotatable bonds is 6. The van der Waals surface area contributed by atoms with Crippen molar-refractivity contribution in [2.45, 2.75) is 56.9 Å². The average Bonchev–Trinajstić information content (AvgIpc) is 3.49. The molecule has 0 aromatic carbocycles. The van der Waals surface area contributed by atoms with Gasteiger partial charge in [0.05, 0.1) is 0 Å². The summed E-state index contributed by atoms with van der Waals surface area (Å²) >= 11 is 0.794. The van der Waals surface area contributed by atoms with Gasteiger partial charge in [-0.3, -0.25) is 0 Å². The van der Waals surface area contributed by atoms with E-state index in [0.29, 0.717) is 5.92 Å². The van der Waals surface area contributed by atoms with Crippen molar-refractivity contribution in [3.05, 3.63) is 29.4 Å². The topological polar surface area (TPSA) is 64.0 Å². The summed E-state index contributed by atoms with van der Waals surface area (Å²) in [5.74, 6) is 0.647. The Bertz CT molecular complexity index is 1040. The molecule has 1 saturated heterocycles. The molecule has 0 N–H and O–H groups in total. The Kier molecular flexibility index (Phi) is 5.94. The first kappa shape index (κ1) is 20.6. The molecule has 1 unspecified atom stereocenters. The normalized spacial score (nSPS) is 22.4. The molecule has 0 spiro atoms. The molecule has 2 fully saturated rings. The second kappa shape index (κ2) is 8.67. The summed E-state index contributed by atoms with van der Waals surface area (Å²) in [7, 11) is 1.78. The summed E-state index contributed by atoms with van der Waals surface area (Å²) in [4.78, 5) is 12.1. The van der Waals surface area contributed by atoms with Crippen LogP contribution >= 0.6 is 11.3 Å². The van der Waals surface area contributed by atoms with Gasteiger partial charge in [0.15, 0.2) is 0 Å². The third kappa shape index (κ3) is 4.08. The van der Waals surface area contributed by atoms with E-state index in [4.69, 9.17) is 14.7 Å². The van der Waals surface area contributed by atoms with Gasteiger partial charge in [0.2, 0.25) is 0 Å². The van der Waals surface area contributed by atoms with Crippen molar-refractivity contribution >= 4 is 55.9 Å². The summed E-state index contributed by atoms with van der Waals surface area (Å²) in [6.45, 7) is 4.05. The van der Waals surface area contributed by atoms with Crippen molar-refractivity contribution in [2.24, 2.45) is 0 Å². The molecular weight excluding hydrogens is 501 g/mol. The fourth-order valence-electron chi connectivity index (χ4n) is 4.87. The second-order valence-corrected chi connectivity index (χ2v) is 14.2. The van der Waals surface area contributed by atoms with Gasteiger partial charge in [-0.15, -0.1) is 0 Å². The number of pyridine rings is 2. The Morgan fingerprint density at radius 2 is 2.07 bits per heavy atom. The molecule has 156 valence electrons. The predicted octanol–water partition coefficient (Wildman–Crippen LogP) is 2.80. The summed E-state index contributed by atoms with van der Waals surface area (Å²) < 4.78 is 7.93. The van der Waals surface area contributed by atoms with Crippen LogP contribution in [-0.4, -0.2) is 67.1 Å². The second-order valence-electron chi connectivity index (χ2n) is 8.67. The average molecular weight is 528 g/mol. The quantitative estimate of drug-likeness (QED) is 0.459. The fourth-order valence-corrected chi connectivity index (χ4v) is 9.61. The van der Waals surface area contributed by atoms with Gasteiger partial charge in [-0.1, -0.05) is 0 Å². The van der Waals surface area contributed by atoms with Crippen LogP contribution in [0.2, 0.25) is 0 Å². The third-order valence-electron chi connectivity index (χ3n) is 6.42. The van der Waals surface area contributed by atoms with E-state index < -0.39 is 21.1 Å². The van der Waals surface area contributed by atoms with E-state index in [1.807, 2.05) is 17.5 Å². The van der Waals surface area contributed by atoms with E-state index in [9.17, 15) is 0 Å². The molecule has 6 nitrogen and oxygen atoms in total. The van der Waals surface area contributed by atoms with Crippen molar-refractivity contribution in [2.75, 3.05) is 25.2 Å². The number of fused-ring (bicyclic) bond motifs is 1. The van der Waals surface area contributed by atoms with E-state index in [-0.39, 0.29) is 5.54 Å². The molecule has 5 rings (SSSR count). The fraction of sp³-hybridized carbons (Fsp3) is 0.545. The Morgan fingerprint density at radius 1 is 1.20 bits per heavy atom. The van der Waals surface area contributed by atoms with Crippen LogP contribution in [0.25, 0.3) is 11.0 Å². The van der Waals surface area contributed by atoms with Gasteiger partial charge in [0, 0.05) is 0 Å². The van der Waals surface area contributed by atoms with Gasteiger partial charge in [-0.05, 0) is 0 Å². The molecule has 0 amide bonds. The Balaban J connectivity index is 1.38. The standard InChI is InChI=1S/C15H18N3O.C7H9N2S.Sn/c1-15(11-19-2)6-4-8-18(15)12-9-14-13(17-10-12)5-3-7-16-14;1-2-4-6(3-1)7-9-8-5-10-7;/h3,5,9-10H,4,6,8,11H2,1-2H3;6H,1-4H2;. The van der Waals surface area contributed by atoms with Gasteiger partial charge in [0.25, 0.3) is 0 Å². The van der Waals surface area contributed by atoms with Gasteiger partial charge in [-0.25, -0.2) is 0 Å². The zero-order valence-electron chi connectivity index (χ0n) is 17.6. The van der Waals surface area contributed by atoms with Crippen LogP contribution in [0.3, 0.4) is 0 Å². The van der Waals surface area contributed by atoms with E-state index >= 15 is 0 Å². The molecular formula is C22H27N5OSSn. The first-order chi connectivity index (χ1) is 14.6. The van der Waals surface area contributed by atoms with Crippen LogP contribution in [0, 0.1) is 0 Å². The molecule has 3 aromatic heterocycles. The van der Waals surface area contributed by atoms with Gasteiger partial charge in [-0.2, -0.15) is 0 Å². The third-order valence-corrected chi connectivity index (χ3v) is 11.3. The summed E-state index contributed by atoms with van der Waals surface area (Å²) in [5, 5.41) is 10.3. The van der Waals surface area contributed by atoms with Crippen LogP contribution in [-0.2, 0) is 4.74 Å². The summed E-state index contributed by atoms with van der Waals surface area (Å²) in [5.41, 5.74) is 3.12. The number of methoxy groups -OCH3 is 1.